The van der Waals surface area contributed by atoms with E-state index in [-0.39, 0.29) is 11.2 Å². The van der Waals surface area contributed by atoms with Gasteiger partial charge in [-0.1, -0.05) is 41.3 Å². The second kappa shape index (κ2) is 8.85. The molecule has 0 saturated heterocycles. The molecule has 2 aromatic rings. The highest BCUT2D eigenvalue weighted by molar-refractivity contribution is 8.02. The first-order valence-corrected chi connectivity index (χ1v) is 8.89. The lowest BCUT2D eigenvalue weighted by atomic mass is 10.2. The molecule has 1 aromatic carbocycles. The summed E-state index contributed by atoms with van der Waals surface area (Å²) in [6.45, 7) is 5.12. The molecule has 0 spiro atoms. The summed E-state index contributed by atoms with van der Waals surface area (Å²) in [5.41, 5.74) is 1.88. The fourth-order valence-electron chi connectivity index (χ4n) is 1.74. The van der Waals surface area contributed by atoms with Crippen LogP contribution in [-0.4, -0.2) is 41.6 Å². The average Bonchev–Trinajstić information content (AvgIpc) is 2.97. The lowest BCUT2D eigenvalue weighted by molar-refractivity contribution is -0.115. The van der Waals surface area contributed by atoms with Crippen molar-refractivity contribution in [3.8, 4) is 0 Å². The zero-order valence-corrected chi connectivity index (χ0v) is 15.0. The Morgan fingerprint density at radius 2 is 2.17 bits per heavy atom. The van der Waals surface area contributed by atoms with Gasteiger partial charge in [0.05, 0.1) is 11.9 Å². The number of aromatic nitrogens is 2. The quantitative estimate of drug-likeness (QED) is 0.562. The summed E-state index contributed by atoms with van der Waals surface area (Å²) in [5, 5.41) is 14.7. The predicted molar refractivity (Wildman–Crippen MR) is 95.4 cm³/mol. The van der Waals surface area contributed by atoms with E-state index in [1.807, 2.05) is 38.1 Å². The van der Waals surface area contributed by atoms with Gasteiger partial charge in [0.1, 0.15) is 0 Å². The molecule has 1 amide bonds. The van der Waals surface area contributed by atoms with Crippen LogP contribution in [0.1, 0.15) is 12.5 Å². The SMILES string of the molecule is COCCNc1nnc(SC(C)C(=O)Nc2ccccc2C)s1. The molecule has 0 saturated carbocycles. The minimum absolute atomic E-state index is 0.0478. The summed E-state index contributed by atoms with van der Waals surface area (Å²) >= 11 is 2.83. The van der Waals surface area contributed by atoms with Crippen molar-refractivity contribution in [1.82, 2.24) is 10.2 Å². The van der Waals surface area contributed by atoms with Crippen molar-refractivity contribution in [3.63, 3.8) is 0 Å². The molecular weight excluding hydrogens is 332 g/mol. The number of aryl methyl sites for hydroxylation is 1. The first-order valence-electron chi connectivity index (χ1n) is 7.19. The van der Waals surface area contributed by atoms with Crippen LogP contribution in [0.4, 0.5) is 10.8 Å². The lowest BCUT2D eigenvalue weighted by Gasteiger charge is -2.11. The maximum absolute atomic E-state index is 12.3. The van der Waals surface area contributed by atoms with Gasteiger partial charge in [-0.2, -0.15) is 0 Å². The molecule has 8 heteroatoms. The second-order valence-corrected chi connectivity index (χ2v) is 7.42. The van der Waals surface area contributed by atoms with Gasteiger partial charge in [0.15, 0.2) is 4.34 Å². The van der Waals surface area contributed by atoms with Gasteiger partial charge in [0.25, 0.3) is 0 Å². The van der Waals surface area contributed by atoms with Crippen LogP contribution in [0.25, 0.3) is 0 Å². The molecule has 0 bridgehead atoms. The van der Waals surface area contributed by atoms with Crippen LogP contribution in [0, 0.1) is 6.92 Å². The smallest absolute Gasteiger partial charge is 0.237 e. The molecule has 0 radical (unpaired) electrons. The molecule has 124 valence electrons. The zero-order valence-electron chi connectivity index (χ0n) is 13.3. The monoisotopic (exact) mass is 352 g/mol. The zero-order chi connectivity index (χ0) is 16.7. The maximum Gasteiger partial charge on any atom is 0.237 e. The Balaban J connectivity index is 1.87. The van der Waals surface area contributed by atoms with Crippen molar-refractivity contribution in [2.75, 3.05) is 30.9 Å². The Morgan fingerprint density at radius 1 is 1.39 bits per heavy atom. The minimum atomic E-state index is -0.255. The van der Waals surface area contributed by atoms with Crippen molar-refractivity contribution in [1.29, 1.82) is 0 Å². The van der Waals surface area contributed by atoms with E-state index in [0.29, 0.717) is 13.2 Å². The summed E-state index contributed by atoms with van der Waals surface area (Å²) in [7, 11) is 1.65. The minimum Gasteiger partial charge on any atom is -0.383 e. The normalized spacial score (nSPS) is 12.0. The number of anilines is 2. The number of rotatable bonds is 8. The highest BCUT2D eigenvalue weighted by Crippen LogP contribution is 2.29. The Kier molecular flexibility index (Phi) is 6.82. The Hall–Kier alpha value is -1.64. The highest BCUT2D eigenvalue weighted by atomic mass is 32.2. The number of ether oxygens (including phenoxy) is 1. The van der Waals surface area contributed by atoms with Crippen LogP contribution in [0.2, 0.25) is 0 Å². The first kappa shape index (κ1) is 17.7. The van der Waals surface area contributed by atoms with Crippen LogP contribution in [0.3, 0.4) is 0 Å². The maximum atomic E-state index is 12.3. The van der Waals surface area contributed by atoms with Crippen LogP contribution in [0.15, 0.2) is 28.6 Å². The van der Waals surface area contributed by atoms with Crippen LogP contribution in [-0.2, 0) is 9.53 Å². The van der Waals surface area contributed by atoms with E-state index < -0.39 is 0 Å². The van der Waals surface area contributed by atoms with Gasteiger partial charge in [-0.25, -0.2) is 0 Å². The molecule has 23 heavy (non-hydrogen) atoms. The van der Waals surface area contributed by atoms with E-state index in [0.717, 1.165) is 20.7 Å². The third kappa shape index (κ3) is 5.49. The predicted octanol–water partition coefficient (Wildman–Crippen LogP) is 3.02. The molecule has 2 rings (SSSR count). The van der Waals surface area contributed by atoms with Gasteiger partial charge in [-0.3, -0.25) is 4.79 Å². The van der Waals surface area contributed by atoms with Crippen molar-refractivity contribution in [2.24, 2.45) is 0 Å². The average molecular weight is 352 g/mol. The molecule has 1 unspecified atom stereocenters. The summed E-state index contributed by atoms with van der Waals surface area (Å²) in [6, 6.07) is 7.72. The Labute approximate surface area is 144 Å². The van der Waals surface area contributed by atoms with Gasteiger partial charge in [-0.05, 0) is 25.5 Å². The fraction of sp³-hybridized carbons (Fsp3) is 0.400. The van der Waals surface area contributed by atoms with Crippen molar-refractivity contribution < 1.29 is 9.53 Å². The van der Waals surface area contributed by atoms with Crippen molar-refractivity contribution >= 4 is 39.8 Å². The molecule has 0 aliphatic rings. The van der Waals surface area contributed by atoms with E-state index in [1.54, 1.807) is 7.11 Å². The number of nitrogens with zero attached hydrogens (tertiary/aromatic N) is 2. The molecule has 0 aliphatic heterocycles. The van der Waals surface area contributed by atoms with E-state index in [1.165, 1.54) is 23.1 Å². The number of thioether (sulfide) groups is 1. The number of benzene rings is 1. The first-order chi connectivity index (χ1) is 11.1. The summed E-state index contributed by atoms with van der Waals surface area (Å²) < 4.78 is 5.73. The largest absolute Gasteiger partial charge is 0.383 e. The summed E-state index contributed by atoms with van der Waals surface area (Å²) in [5.74, 6) is -0.0478. The van der Waals surface area contributed by atoms with E-state index in [9.17, 15) is 4.79 Å². The van der Waals surface area contributed by atoms with Crippen molar-refractivity contribution in [2.45, 2.75) is 23.4 Å². The topological polar surface area (TPSA) is 76.1 Å². The molecule has 0 aliphatic carbocycles. The van der Waals surface area contributed by atoms with Gasteiger partial charge in [0.2, 0.25) is 11.0 Å². The number of hydrogen-bond acceptors (Lipinski definition) is 7. The molecule has 2 N–H and O–H groups in total. The number of carbonyl (C=O) groups excluding carboxylic acids is 1. The number of para-hydroxylation sites is 1. The fourth-order valence-corrected chi connectivity index (χ4v) is 3.66. The molecule has 1 atom stereocenters. The molecular formula is C15H20N4O2S2. The van der Waals surface area contributed by atoms with Gasteiger partial charge in [-0.15, -0.1) is 10.2 Å². The summed E-state index contributed by atoms with van der Waals surface area (Å²) in [6.07, 6.45) is 0. The van der Waals surface area contributed by atoms with Crippen LogP contribution in [0.5, 0.6) is 0 Å². The standard InChI is InChI=1S/C15H20N4O2S2/c1-10-6-4-5-7-12(10)17-13(20)11(2)22-15-19-18-14(23-15)16-8-9-21-3/h4-7,11H,8-9H2,1-3H3,(H,16,18)(H,17,20). The van der Waals surface area contributed by atoms with E-state index in [2.05, 4.69) is 20.8 Å². The number of hydrogen-bond donors (Lipinski definition) is 2. The van der Waals surface area contributed by atoms with E-state index in [4.69, 9.17) is 4.74 Å². The number of methoxy groups -OCH3 is 1. The van der Waals surface area contributed by atoms with Crippen LogP contribution < -0.4 is 10.6 Å². The Morgan fingerprint density at radius 3 is 2.91 bits per heavy atom. The third-order valence-corrected chi connectivity index (χ3v) is 5.10. The van der Waals surface area contributed by atoms with E-state index >= 15 is 0 Å². The molecule has 1 aromatic heterocycles. The number of nitrogens with one attached hydrogen (secondary N) is 2. The number of amides is 1. The molecule has 6 nitrogen and oxygen atoms in total. The highest BCUT2D eigenvalue weighted by Gasteiger charge is 2.17. The molecule has 1 heterocycles. The second-order valence-electron chi connectivity index (χ2n) is 4.86. The van der Waals surface area contributed by atoms with Gasteiger partial charge in [0, 0.05) is 19.3 Å². The lowest BCUT2D eigenvalue weighted by Crippen LogP contribution is -2.22. The molecule has 0 fully saturated rings. The summed E-state index contributed by atoms with van der Waals surface area (Å²) in [4.78, 5) is 12.3. The Bertz CT molecular complexity index is 648. The van der Waals surface area contributed by atoms with Gasteiger partial charge >= 0.3 is 0 Å². The van der Waals surface area contributed by atoms with Crippen molar-refractivity contribution in [3.05, 3.63) is 29.8 Å². The number of carbonyl (C=O) groups is 1. The van der Waals surface area contributed by atoms with Gasteiger partial charge < -0.3 is 15.4 Å². The third-order valence-electron chi connectivity index (χ3n) is 3.04. The van der Waals surface area contributed by atoms with Crippen LogP contribution >= 0.6 is 23.1 Å².